The maximum Gasteiger partial charge on any atom is 0.134 e. The van der Waals surface area contributed by atoms with Gasteiger partial charge in [-0.25, -0.2) is 4.21 Å². The summed E-state index contributed by atoms with van der Waals surface area (Å²) in [5, 5.41) is 0. The van der Waals surface area contributed by atoms with Crippen LogP contribution in [0.5, 0.6) is 0 Å². The summed E-state index contributed by atoms with van der Waals surface area (Å²) < 4.78 is 18.0. The summed E-state index contributed by atoms with van der Waals surface area (Å²) in [5.74, 6) is 0.721. The van der Waals surface area contributed by atoms with Gasteiger partial charge in [0.25, 0.3) is 0 Å². The summed E-state index contributed by atoms with van der Waals surface area (Å²) in [5.41, 5.74) is 0. The Bertz CT molecular complexity index is 201. The first-order valence-corrected chi connectivity index (χ1v) is 4.76. The van der Waals surface area contributed by atoms with Crippen LogP contribution in [-0.2, 0) is 14.5 Å². The van der Waals surface area contributed by atoms with E-state index in [4.69, 9.17) is 4.78 Å². The molecule has 0 aromatic carbocycles. The van der Waals surface area contributed by atoms with Gasteiger partial charge in [-0.1, -0.05) is 0 Å². The standard InChI is InChI=1S/C5H9NO2S/c6-9(8)3-1-5(7)2-4-9/h6H,1-4H2. The van der Waals surface area contributed by atoms with Gasteiger partial charge in [-0.15, -0.1) is 0 Å². The predicted molar refractivity (Wildman–Crippen MR) is 34.8 cm³/mol. The van der Waals surface area contributed by atoms with Gasteiger partial charge in [-0.05, 0) is 0 Å². The Balaban J connectivity index is 2.65. The summed E-state index contributed by atoms with van der Waals surface area (Å²) in [6.45, 7) is 0. The lowest BCUT2D eigenvalue weighted by Crippen LogP contribution is -2.21. The Kier molecular flexibility index (Phi) is 1.57. The molecular weight excluding hydrogens is 138 g/mol. The smallest absolute Gasteiger partial charge is 0.134 e. The van der Waals surface area contributed by atoms with Gasteiger partial charge in [0, 0.05) is 34.1 Å². The van der Waals surface area contributed by atoms with Crippen molar-refractivity contribution < 1.29 is 9.00 Å². The molecule has 1 saturated heterocycles. The van der Waals surface area contributed by atoms with Crippen LogP contribution in [0.2, 0.25) is 0 Å². The van der Waals surface area contributed by atoms with Crippen LogP contribution in [0.3, 0.4) is 0 Å². The van der Waals surface area contributed by atoms with Crippen LogP contribution in [-0.4, -0.2) is 21.5 Å². The molecule has 0 spiro atoms. The molecule has 1 N–H and O–H groups in total. The Hall–Kier alpha value is -0.380. The topological polar surface area (TPSA) is 58.0 Å². The monoisotopic (exact) mass is 147 g/mol. The zero-order chi connectivity index (χ0) is 6.91. The van der Waals surface area contributed by atoms with Gasteiger partial charge in [0.1, 0.15) is 5.78 Å². The summed E-state index contributed by atoms with van der Waals surface area (Å²) in [7, 11) is -2.34. The van der Waals surface area contributed by atoms with Crippen LogP contribution in [0.25, 0.3) is 0 Å². The number of carbonyl (C=O) groups excluding carboxylic acids is 1. The molecule has 1 heterocycles. The number of ketones is 1. The average Bonchev–Trinajstić information content (AvgIpc) is 1.78. The first kappa shape index (κ1) is 6.74. The molecule has 1 fully saturated rings. The Labute approximate surface area is 54.4 Å². The van der Waals surface area contributed by atoms with Crippen molar-refractivity contribution in [2.24, 2.45) is 0 Å². The fourth-order valence-corrected chi connectivity index (χ4v) is 2.10. The van der Waals surface area contributed by atoms with E-state index in [-0.39, 0.29) is 17.3 Å². The lowest BCUT2D eigenvalue weighted by Gasteiger charge is -2.10. The largest absolute Gasteiger partial charge is 0.300 e. The molecule has 0 saturated carbocycles. The molecule has 52 valence electrons. The molecule has 0 aromatic rings. The molecule has 0 atom stereocenters. The van der Waals surface area contributed by atoms with Crippen molar-refractivity contribution in [1.82, 2.24) is 0 Å². The summed E-state index contributed by atoms with van der Waals surface area (Å²) in [4.78, 5) is 10.5. The van der Waals surface area contributed by atoms with Crippen molar-refractivity contribution in [3.05, 3.63) is 0 Å². The summed E-state index contributed by atoms with van der Waals surface area (Å²) in [6.07, 6.45) is 0.699. The third kappa shape index (κ3) is 1.78. The molecule has 9 heavy (non-hydrogen) atoms. The van der Waals surface area contributed by atoms with Crippen molar-refractivity contribution in [2.45, 2.75) is 12.8 Å². The van der Waals surface area contributed by atoms with E-state index in [0.29, 0.717) is 12.8 Å². The number of hydrogen-bond acceptors (Lipinski definition) is 3. The average molecular weight is 147 g/mol. The molecule has 4 heteroatoms. The second-order valence-corrected chi connectivity index (χ2v) is 4.70. The molecule has 1 aliphatic rings. The molecule has 0 aromatic heterocycles. The molecule has 0 amide bonds. The van der Waals surface area contributed by atoms with E-state index in [1.807, 2.05) is 0 Å². The van der Waals surface area contributed by atoms with Crippen LogP contribution < -0.4 is 0 Å². The number of hydrogen-bond donors (Lipinski definition) is 1. The number of nitrogens with one attached hydrogen (secondary N) is 1. The molecule has 1 aliphatic heterocycles. The van der Waals surface area contributed by atoms with E-state index in [1.54, 1.807) is 0 Å². The first-order valence-electron chi connectivity index (χ1n) is 2.86. The molecular formula is C5H9NO2S. The third-order valence-corrected chi connectivity index (χ3v) is 3.15. The maximum atomic E-state index is 10.9. The van der Waals surface area contributed by atoms with Crippen LogP contribution >= 0.6 is 0 Å². The molecule has 0 aliphatic carbocycles. The quantitative estimate of drug-likeness (QED) is 0.539. The number of carbonyl (C=O) groups is 1. The van der Waals surface area contributed by atoms with E-state index >= 15 is 0 Å². The summed E-state index contributed by atoms with van der Waals surface area (Å²) in [6, 6.07) is 0. The second-order valence-electron chi connectivity index (χ2n) is 2.26. The number of rotatable bonds is 0. The van der Waals surface area contributed by atoms with Gasteiger partial charge in [-0.3, -0.25) is 9.57 Å². The first-order chi connectivity index (χ1) is 4.10. The van der Waals surface area contributed by atoms with Crippen LogP contribution in [0, 0.1) is 4.78 Å². The van der Waals surface area contributed by atoms with Crippen LogP contribution in [0.4, 0.5) is 0 Å². The SMILES string of the molecule is N=S1(=O)CCC(=O)CC1. The highest BCUT2D eigenvalue weighted by molar-refractivity contribution is 7.92. The molecule has 0 bridgehead atoms. The normalized spacial score (nSPS) is 26.0. The predicted octanol–water partition coefficient (Wildman–Crippen LogP) is 0.396. The van der Waals surface area contributed by atoms with Crippen LogP contribution in [0.1, 0.15) is 12.8 Å². The van der Waals surface area contributed by atoms with Gasteiger partial charge in [0.05, 0.1) is 0 Å². The summed E-state index contributed by atoms with van der Waals surface area (Å²) >= 11 is 0. The van der Waals surface area contributed by atoms with E-state index in [0.717, 1.165) is 0 Å². The highest BCUT2D eigenvalue weighted by atomic mass is 32.2. The fraction of sp³-hybridized carbons (Fsp3) is 0.800. The molecule has 3 nitrogen and oxygen atoms in total. The van der Waals surface area contributed by atoms with Gasteiger partial charge < -0.3 is 0 Å². The molecule has 0 radical (unpaired) electrons. The zero-order valence-electron chi connectivity index (χ0n) is 5.05. The van der Waals surface area contributed by atoms with Crippen LogP contribution in [0.15, 0.2) is 0 Å². The van der Waals surface area contributed by atoms with E-state index in [2.05, 4.69) is 0 Å². The highest BCUT2D eigenvalue weighted by Gasteiger charge is 2.17. The van der Waals surface area contributed by atoms with Crippen molar-refractivity contribution in [1.29, 1.82) is 4.78 Å². The fourth-order valence-electron chi connectivity index (χ4n) is 0.784. The maximum absolute atomic E-state index is 10.9. The lowest BCUT2D eigenvalue weighted by atomic mass is 10.2. The van der Waals surface area contributed by atoms with Crippen molar-refractivity contribution in [3.63, 3.8) is 0 Å². The van der Waals surface area contributed by atoms with Gasteiger partial charge in [-0.2, -0.15) is 0 Å². The highest BCUT2D eigenvalue weighted by Crippen LogP contribution is 2.07. The van der Waals surface area contributed by atoms with Gasteiger partial charge in [0.2, 0.25) is 0 Å². The minimum atomic E-state index is -2.34. The van der Waals surface area contributed by atoms with E-state index < -0.39 is 9.73 Å². The molecule has 0 unspecified atom stereocenters. The minimum absolute atomic E-state index is 0.154. The second kappa shape index (κ2) is 2.10. The van der Waals surface area contributed by atoms with Crippen molar-refractivity contribution in [2.75, 3.05) is 11.5 Å². The Morgan fingerprint density at radius 2 is 1.78 bits per heavy atom. The number of Topliss-reactive ketones (excluding diaryl/α,β-unsaturated/α-hetero) is 1. The van der Waals surface area contributed by atoms with Gasteiger partial charge >= 0.3 is 0 Å². The minimum Gasteiger partial charge on any atom is -0.300 e. The molecule has 1 rings (SSSR count). The van der Waals surface area contributed by atoms with E-state index in [9.17, 15) is 9.00 Å². The lowest BCUT2D eigenvalue weighted by molar-refractivity contribution is -0.118. The van der Waals surface area contributed by atoms with Gasteiger partial charge in [0.15, 0.2) is 0 Å². The third-order valence-electron chi connectivity index (χ3n) is 1.42. The Morgan fingerprint density at radius 1 is 1.33 bits per heavy atom. The Morgan fingerprint density at radius 3 is 2.11 bits per heavy atom. The van der Waals surface area contributed by atoms with Crippen molar-refractivity contribution in [3.8, 4) is 0 Å². The zero-order valence-corrected chi connectivity index (χ0v) is 5.87. The van der Waals surface area contributed by atoms with Crippen molar-refractivity contribution >= 4 is 15.5 Å². The van der Waals surface area contributed by atoms with E-state index in [1.165, 1.54) is 0 Å².